The van der Waals surface area contributed by atoms with Gasteiger partial charge in [0.25, 0.3) is 0 Å². The van der Waals surface area contributed by atoms with Gasteiger partial charge in [-0.05, 0) is 31.7 Å². The van der Waals surface area contributed by atoms with Gasteiger partial charge in [0.15, 0.2) is 0 Å². The van der Waals surface area contributed by atoms with E-state index >= 15 is 0 Å². The number of rotatable bonds is 2. The average Bonchev–Trinajstić information content (AvgIpc) is 2.76. The fourth-order valence-corrected chi connectivity index (χ4v) is 2.91. The highest BCUT2D eigenvalue weighted by Crippen LogP contribution is 2.43. The Morgan fingerprint density at radius 2 is 2.08 bits per heavy atom. The van der Waals surface area contributed by atoms with Crippen molar-refractivity contribution in [2.45, 2.75) is 32.1 Å². The summed E-state index contributed by atoms with van der Waals surface area (Å²) in [4.78, 5) is 0. The SMILES string of the molecule is OCC1(C2CCCC2)CCNC1. The Bertz CT molecular complexity index is 146. The number of hydrogen-bond donors (Lipinski definition) is 2. The maximum atomic E-state index is 9.44. The number of aliphatic hydroxyl groups excluding tert-OH is 1. The van der Waals surface area contributed by atoms with E-state index in [1.807, 2.05) is 0 Å². The van der Waals surface area contributed by atoms with Crippen LogP contribution in [-0.2, 0) is 0 Å². The molecular weight excluding hydrogens is 150 g/mol. The van der Waals surface area contributed by atoms with Crippen LogP contribution in [0.25, 0.3) is 0 Å². The van der Waals surface area contributed by atoms with Crippen molar-refractivity contribution in [1.82, 2.24) is 5.32 Å². The summed E-state index contributed by atoms with van der Waals surface area (Å²) in [6.45, 7) is 2.55. The molecule has 2 fully saturated rings. The molecule has 1 atom stereocenters. The molecule has 0 spiro atoms. The molecular formula is C10H19NO. The fourth-order valence-electron chi connectivity index (χ4n) is 2.91. The maximum Gasteiger partial charge on any atom is 0.0502 e. The van der Waals surface area contributed by atoms with E-state index in [-0.39, 0.29) is 5.41 Å². The minimum absolute atomic E-state index is 0.260. The van der Waals surface area contributed by atoms with Crippen LogP contribution in [0.15, 0.2) is 0 Å². The molecule has 0 amide bonds. The van der Waals surface area contributed by atoms with Gasteiger partial charge in [-0.3, -0.25) is 0 Å². The average molecular weight is 169 g/mol. The molecule has 2 nitrogen and oxygen atoms in total. The van der Waals surface area contributed by atoms with Crippen molar-refractivity contribution in [3.63, 3.8) is 0 Å². The van der Waals surface area contributed by atoms with Gasteiger partial charge < -0.3 is 10.4 Å². The second-order valence-corrected chi connectivity index (χ2v) is 4.43. The highest BCUT2D eigenvalue weighted by molar-refractivity contribution is 4.94. The molecule has 0 aromatic rings. The van der Waals surface area contributed by atoms with Crippen molar-refractivity contribution in [1.29, 1.82) is 0 Å². The minimum Gasteiger partial charge on any atom is -0.396 e. The fraction of sp³-hybridized carbons (Fsp3) is 1.00. The molecule has 0 bridgehead atoms. The second kappa shape index (κ2) is 3.35. The lowest BCUT2D eigenvalue weighted by Crippen LogP contribution is -2.35. The van der Waals surface area contributed by atoms with E-state index in [1.165, 1.54) is 32.1 Å². The highest BCUT2D eigenvalue weighted by atomic mass is 16.3. The molecule has 2 N–H and O–H groups in total. The number of hydrogen-bond acceptors (Lipinski definition) is 2. The third-order valence-corrected chi connectivity index (χ3v) is 3.81. The predicted octanol–water partition coefficient (Wildman–Crippen LogP) is 1.15. The predicted molar refractivity (Wildman–Crippen MR) is 49.0 cm³/mol. The molecule has 12 heavy (non-hydrogen) atoms. The summed E-state index contributed by atoms with van der Waals surface area (Å²) >= 11 is 0. The molecule has 0 aromatic carbocycles. The summed E-state index contributed by atoms with van der Waals surface area (Å²) in [5.74, 6) is 0.803. The first kappa shape index (κ1) is 8.52. The van der Waals surface area contributed by atoms with E-state index in [1.54, 1.807) is 0 Å². The summed E-state index contributed by atoms with van der Waals surface area (Å²) in [7, 11) is 0. The molecule has 1 saturated heterocycles. The van der Waals surface area contributed by atoms with Gasteiger partial charge >= 0.3 is 0 Å². The maximum absolute atomic E-state index is 9.44. The van der Waals surface area contributed by atoms with Crippen molar-refractivity contribution in [2.75, 3.05) is 19.7 Å². The molecule has 1 saturated carbocycles. The van der Waals surface area contributed by atoms with Gasteiger partial charge in [0.2, 0.25) is 0 Å². The van der Waals surface area contributed by atoms with Crippen LogP contribution in [0.3, 0.4) is 0 Å². The van der Waals surface area contributed by atoms with E-state index in [4.69, 9.17) is 0 Å². The molecule has 1 aliphatic heterocycles. The quantitative estimate of drug-likeness (QED) is 0.650. The topological polar surface area (TPSA) is 32.3 Å². The minimum atomic E-state index is 0.260. The third kappa shape index (κ3) is 1.27. The monoisotopic (exact) mass is 169 g/mol. The van der Waals surface area contributed by atoms with Gasteiger partial charge in [-0.2, -0.15) is 0 Å². The Hall–Kier alpha value is -0.0800. The van der Waals surface area contributed by atoms with Gasteiger partial charge in [0, 0.05) is 12.0 Å². The lowest BCUT2D eigenvalue weighted by molar-refractivity contribution is 0.0817. The first-order valence-corrected chi connectivity index (χ1v) is 5.19. The van der Waals surface area contributed by atoms with E-state index in [0.717, 1.165) is 19.0 Å². The van der Waals surface area contributed by atoms with Gasteiger partial charge in [-0.15, -0.1) is 0 Å². The summed E-state index contributed by atoms with van der Waals surface area (Å²) < 4.78 is 0. The molecule has 2 rings (SSSR count). The standard InChI is InChI=1S/C10H19NO/c12-8-10(5-6-11-7-10)9-3-1-2-4-9/h9,11-12H,1-8H2. The molecule has 0 radical (unpaired) electrons. The van der Waals surface area contributed by atoms with E-state index in [9.17, 15) is 5.11 Å². The normalized spacial score (nSPS) is 37.8. The van der Waals surface area contributed by atoms with Crippen molar-refractivity contribution in [3.05, 3.63) is 0 Å². The van der Waals surface area contributed by atoms with Gasteiger partial charge in [-0.1, -0.05) is 12.8 Å². The Morgan fingerprint density at radius 1 is 1.33 bits per heavy atom. The van der Waals surface area contributed by atoms with Crippen LogP contribution >= 0.6 is 0 Å². The van der Waals surface area contributed by atoms with E-state index in [0.29, 0.717) is 6.61 Å². The van der Waals surface area contributed by atoms with Crippen LogP contribution in [0.4, 0.5) is 0 Å². The summed E-state index contributed by atoms with van der Waals surface area (Å²) in [6.07, 6.45) is 6.65. The third-order valence-electron chi connectivity index (χ3n) is 3.81. The molecule has 1 unspecified atom stereocenters. The molecule has 1 heterocycles. The van der Waals surface area contributed by atoms with Gasteiger partial charge in [0.05, 0.1) is 6.61 Å². The molecule has 70 valence electrons. The Balaban J connectivity index is 2.04. The van der Waals surface area contributed by atoms with Gasteiger partial charge in [-0.25, -0.2) is 0 Å². The van der Waals surface area contributed by atoms with Crippen molar-refractivity contribution in [3.8, 4) is 0 Å². The van der Waals surface area contributed by atoms with Crippen LogP contribution in [0.2, 0.25) is 0 Å². The Labute approximate surface area is 74.4 Å². The second-order valence-electron chi connectivity index (χ2n) is 4.43. The number of aliphatic hydroxyl groups is 1. The van der Waals surface area contributed by atoms with E-state index < -0.39 is 0 Å². The largest absolute Gasteiger partial charge is 0.396 e. The molecule has 1 aliphatic carbocycles. The Morgan fingerprint density at radius 3 is 2.58 bits per heavy atom. The van der Waals surface area contributed by atoms with Crippen LogP contribution < -0.4 is 5.32 Å². The van der Waals surface area contributed by atoms with Crippen LogP contribution in [0.1, 0.15) is 32.1 Å². The first-order valence-electron chi connectivity index (χ1n) is 5.19. The lowest BCUT2D eigenvalue weighted by atomic mass is 9.74. The van der Waals surface area contributed by atoms with E-state index in [2.05, 4.69) is 5.32 Å². The lowest BCUT2D eigenvalue weighted by Gasteiger charge is -2.32. The molecule has 0 aromatic heterocycles. The summed E-state index contributed by atoms with van der Waals surface area (Å²) in [5, 5.41) is 12.8. The summed E-state index contributed by atoms with van der Waals surface area (Å²) in [6, 6.07) is 0. The molecule has 2 heteroatoms. The molecule has 2 aliphatic rings. The Kier molecular flexibility index (Phi) is 2.37. The highest BCUT2D eigenvalue weighted by Gasteiger charge is 2.41. The van der Waals surface area contributed by atoms with Crippen molar-refractivity contribution < 1.29 is 5.11 Å². The van der Waals surface area contributed by atoms with Crippen LogP contribution in [0.5, 0.6) is 0 Å². The summed E-state index contributed by atoms with van der Waals surface area (Å²) in [5.41, 5.74) is 0.260. The zero-order chi connectivity index (χ0) is 8.44. The van der Waals surface area contributed by atoms with Crippen molar-refractivity contribution in [2.24, 2.45) is 11.3 Å². The number of nitrogens with one attached hydrogen (secondary N) is 1. The van der Waals surface area contributed by atoms with Crippen molar-refractivity contribution >= 4 is 0 Å². The van der Waals surface area contributed by atoms with Crippen LogP contribution in [0, 0.1) is 11.3 Å². The zero-order valence-corrected chi connectivity index (χ0v) is 7.68. The smallest absolute Gasteiger partial charge is 0.0502 e. The zero-order valence-electron chi connectivity index (χ0n) is 7.68. The van der Waals surface area contributed by atoms with Crippen LogP contribution in [-0.4, -0.2) is 24.8 Å². The van der Waals surface area contributed by atoms with Gasteiger partial charge in [0.1, 0.15) is 0 Å². The first-order chi connectivity index (χ1) is 5.87.